The molecule has 0 heterocycles. The van der Waals surface area contributed by atoms with Gasteiger partial charge in [0.15, 0.2) is 12.4 Å². The highest BCUT2D eigenvalue weighted by molar-refractivity contribution is 6.32. The van der Waals surface area contributed by atoms with Crippen LogP contribution in [0, 0.1) is 5.82 Å². The Hall–Kier alpha value is -3.14. The predicted octanol–water partition coefficient (Wildman–Crippen LogP) is 4.68. The number of Topliss-reactive ketones (excluding diaryl/α,β-unsaturated/α-hetero) is 1. The first-order chi connectivity index (χ1) is 14.1. The first-order valence-corrected chi connectivity index (χ1v) is 8.79. The second-order valence-electron chi connectivity index (χ2n) is 5.58. The Morgan fingerprint density at radius 1 is 1.20 bits per heavy atom. The van der Waals surface area contributed by atoms with Crippen molar-refractivity contribution in [3.63, 3.8) is 0 Å². The summed E-state index contributed by atoms with van der Waals surface area (Å²) in [5.74, 6) is -4.02. The number of benzene rings is 2. The van der Waals surface area contributed by atoms with E-state index in [0.717, 1.165) is 17.1 Å². The summed E-state index contributed by atoms with van der Waals surface area (Å²) in [6.45, 7) is 1.19. The van der Waals surface area contributed by atoms with Crippen LogP contribution in [-0.4, -0.2) is 37.4 Å². The fraction of sp³-hybridized carbons (Fsp3) is 0.211. The van der Waals surface area contributed by atoms with Gasteiger partial charge >= 0.3 is 12.1 Å². The molecule has 0 saturated heterocycles. The van der Waals surface area contributed by atoms with E-state index in [-0.39, 0.29) is 35.0 Å². The number of alkyl halides is 3. The molecule has 2 rings (SSSR count). The molecule has 0 amide bonds. The van der Waals surface area contributed by atoms with Crippen LogP contribution in [0.2, 0.25) is 5.02 Å². The molecule has 0 aliphatic heterocycles. The minimum Gasteiger partial charge on any atom is -0.480 e. The summed E-state index contributed by atoms with van der Waals surface area (Å²) in [5.41, 5.74) is -0.211. The number of hydrogen-bond donors (Lipinski definition) is 0. The van der Waals surface area contributed by atoms with Crippen LogP contribution in [0.5, 0.6) is 5.75 Å². The molecule has 0 atom stereocenters. The first-order valence-electron chi connectivity index (χ1n) is 8.41. The van der Waals surface area contributed by atoms with Crippen LogP contribution in [0.1, 0.15) is 6.92 Å². The standard InChI is InChI=1S/C19H15ClF4N2O4/c1-2-29-18(28)11-30-16-9-15(14(21)8-13(16)20)26(12-6-4-3-5-7-12)25-10-17(27)19(22,23)24/h3-10H,2,11H2,1H3. The number of ketones is 1. The van der Waals surface area contributed by atoms with E-state index in [4.69, 9.17) is 21.1 Å². The molecule has 160 valence electrons. The monoisotopic (exact) mass is 446 g/mol. The van der Waals surface area contributed by atoms with Crippen LogP contribution >= 0.6 is 11.6 Å². The van der Waals surface area contributed by atoms with Gasteiger partial charge in [0.1, 0.15) is 17.7 Å². The number of halogens is 5. The van der Waals surface area contributed by atoms with Gasteiger partial charge in [0, 0.05) is 6.07 Å². The zero-order chi connectivity index (χ0) is 22.3. The Kier molecular flexibility index (Phi) is 7.76. The Morgan fingerprint density at radius 2 is 1.87 bits per heavy atom. The number of carbonyl (C=O) groups is 2. The lowest BCUT2D eigenvalue weighted by Crippen LogP contribution is -2.25. The Balaban J connectivity index is 2.44. The highest BCUT2D eigenvalue weighted by Gasteiger charge is 2.37. The van der Waals surface area contributed by atoms with Crippen LogP contribution in [0.15, 0.2) is 47.6 Å². The molecule has 2 aromatic rings. The third-order valence-corrected chi connectivity index (χ3v) is 3.75. The number of carbonyl (C=O) groups excluding carboxylic acids is 2. The molecule has 2 aromatic carbocycles. The number of hydrogen-bond acceptors (Lipinski definition) is 6. The molecule has 0 fully saturated rings. The number of rotatable bonds is 8. The summed E-state index contributed by atoms with van der Waals surface area (Å²) < 4.78 is 62.1. The Morgan fingerprint density at radius 3 is 2.47 bits per heavy atom. The maximum atomic E-state index is 14.6. The largest absolute Gasteiger partial charge is 0.480 e. The van der Waals surface area contributed by atoms with Crippen LogP contribution in [0.3, 0.4) is 0 Å². The molecule has 0 spiro atoms. The SMILES string of the molecule is CCOC(=O)COc1cc(N(N=CC(=O)C(F)(F)F)c2ccccc2)c(F)cc1Cl. The maximum absolute atomic E-state index is 14.6. The molecular formula is C19H15ClF4N2O4. The lowest BCUT2D eigenvalue weighted by Gasteiger charge is -2.21. The topological polar surface area (TPSA) is 68.2 Å². The number of ether oxygens (including phenoxy) is 2. The van der Waals surface area contributed by atoms with Gasteiger partial charge in [0.2, 0.25) is 0 Å². The number of hydrazone groups is 1. The number of esters is 1. The van der Waals surface area contributed by atoms with Gasteiger partial charge in [-0.1, -0.05) is 29.8 Å². The molecule has 30 heavy (non-hydrogen) atoms. The average Bonchev–Trinajstić information content (AvgIpc) is 2.68. The molecule has 0 unspecified atom stereocenters. The van der Waals surface area contributed by atoms with E-state index in [0.29, 0.717) is 0 Å². The van der Waals surface area contributed by atoms with E-state index in [1.54, 1.807) is 13.0 Å². The van der Waals surface area contributed by atoms with Gasteiger partial charge in [-0.25, -0.2) is 14.2 Å². The van der Waals surface area contributed by atoms with Crippen molar-refractivity contribution in [1.29, 1.82) is 0 Å². The van der Waals surface area contributed by atoms with Crippen LogP contribution in [0.25, 0.3) is 0 Å². The lowest BCUT2D eigenvalue weighted by molar-refractivity contribution is -0.162. The molecule has 0 aromatic heterocycles. The van der Waals surface area contributed by atoms with Gasteiger partial charge < -0.3 is 9.47 Å². The van der Waals surface area contributed by atoms with Crippen molar-refractivity contribution in [3.05, 3.63) is 53.3 Å². The smallest absolute Gasteiger partial charge is 0.455 e. The van der Waals surface area contributed by atoms with Gasteiger partial charge in [-0.2, -0.15) is 18.3 Å². The van der Waals surface area contributed by atoms with E-state index in [1.165, 1.54) is 24.3 Å². The van der Waals surface area contributed by atoms with Crippen molar-refractivity contribution >= 4 is 40.9 Å². The van der Waals surface area contributed by atoms with Crippen LogP contribution in [0.4, 0.5) is 28.9 Å². The molecule has 0 radical (unpaired) electrons. The summed E-state index contributed by atoms with van der Waals surface area (Å²) in [6.07, 6.45) is -5.11. The number of nitrogens with zero attached hydrogens (tertiary/aromatic N) is 2. The molecule has 0 aliphatic carbocycles. The summed E-state index contributed by atoms with van der Waals surface area (Å²) in [4.78, 5) is 22.6. The van der Waals surface area contributed by atoms with E-state index in [2.05, 4.69) is 5.10 Å². The fourth-order valence-corrected chi connectivity index (χ4v) is 2.36. The average molecular weight is 447 g/mol. The van der Waals surface area contributed by atoms with Crippen molar-refractivity contribution in [3.8, 4) is 5.75 Å². The van der Waals surface area contributed by atoms with E-state index < -0.39 is 30.4 Å². The molecule has 0 aliphatic rings. The molecule has 0 saturated carbocycles. The summed E-state index contributed by atoms with van der Waals surface area (Å²) in [7, 11) is 0. The van der Waals surface area contributed by atoms with E-state index in [9.17, 15) is 27.2 Å². The second-order valence-corrected chi connectivity index (χ2v) is 5.99. The van der Waals surface area contributed by atoms with Gasteiger partial charge in [0.25, 0.3) is 5.78 Å². The first kappa shape index (κ1) is 23.1. The van der Waals surface area contributed by atoms with Gasteiger partial charge in [-0.15, -0.1) is 0 Å². The van der Waals surface area contributed by atoms with Crippen molar-refractivity contribution < 1.29 is 36.6 Å². The van der Waals surface area contributed by atoms with Crippen molar-refractivity contribution in [1.82, 2.24) is 0 Å². The van der Waals surface area contributed by atoms with Gasteiger partial charge in [-0.3, -0.25) is 4.79 Å². The third kappa shape index (κ3) is 6.18. The van der Waals surface area contributed by atoms with Crippen LogP contribution in [-0.2, 0) is 14.3 Å². The Labute approximate surface area is 173 Å². The summed E-state index contributed by atoms with van der Waals surface area (Å²) in [5, 5.41) is 4.07. The van der Waals surface area contributed by atoms with Gasteiger partial charge in [0.05, 0.1) is 17.3 Å². The van der Waals surface area contributed by atoms with Crippen molar-refractivity contribution in [2.24, 2.45) is 5.10 Å². The Bertz CT molecular complexity index is 936. The van der Waals surface area contributed by atoms with Crippen molar-refractivity contribution in [2.75, 3.05) is 18.2 Å². The molecule has 0 N–H and O–H groups in total. The molecule has 0 bridgehead atoms. The van der Waals surface area contributed by atoms with Crippen molar-refractivity contribution in [2.45, 2.75) is 13.1 Å². The van der Waals surface area contributed by atoms with Gasteiger partial charge in [-0.05, 0) is 25.1 Å². The zero-order valence-corrected chi connectivity index (χ0v) is 16.2. The number of anilines is 2. The molecular weight excluding hydrogens is 432 g/mol. The summed E-state index contributed by atoms with van der Waals surface area (Å²) in [6, 6.07) is 9.45. The minimum atomic E-state index is -5.14. The van der Waals surface area contributed by atoms with E-state index >= 15 is 0 Å². The third-order valence-electron chi connectivity index (χ3n) is 3.45. The highest BCUT2D eigenvalue weighted by atomic mass is 35.5. The second kappa shape index (κ2) is 10.1. The summed E-state index contributed by atoms with van der Waals surface area (Å²) >= 11 is 5.92. The number of para-hydroxylation sites is 1. The maximum Gasteiger partial charge on any atom is 0.455 e. The normalized spacial score (nSPS) is 11.4. The van der Waals surface area contributed by atoms with E-state index in [1.807, 2.05) is 0 Å². The zero-order valence-electron chi connectivity index (χ0n) is 15.5. The molecule has 11 heteroatoms. The van der Waals surface area contributed by atoms with Crippen LogP contribution < -0.4 is 9.75 Å². The fourth-order valence-electron chi connectivity index (χ4n) is 2.15. The quantitative estimate of drug-likeness (QED) is 0.255. The highest BCUT2D eigenvalue weighted by Crippen LogP contribution is 2.36. The minimum absolute atomic E-state index is 0.0280. The molecule has 6 nitrogen and oxygen atoms in total. The predicted molar refractivity (Wildman–Crippen MR) is 102 cm³/mol. The lowest BCUT2D eigenvalue weighted by atomic mass is 10.2.